The molecule has 0 amide bonds. The van der Waals surface area contributed by atoms with Crippen LogP contribution >= 0.6 is 11.8 Å². The van der Waals surface area contributed by atoms with Gasteiger partial charge in [0.1, 0.15) is 0 Å². The van der Waals surface area contributed by atoms with Gasteiger partial charge in [0, 0.05) is 11.4 Å². The Balaban J connectivity index is 3.01. The summed E-state index contributed by atoms with van der Waals surface area (Å²) < 4.78 is 36.7. The minimum absolute atomic E-state index is 0.203. The molecule has 0 saturated carbocycles. The number of thioether (sulfide) groups is 1. The fourth-order valence-electron chi connectivity index (χ4n) is 1.06. The number of alkyl halides is 3. The first-order valence-corrected chi connectivity index (χ1v) is 5.29. The molecule has 5 heteroatoms. The predicted molar refractivity (Wildman–Crippen MR) is 53.1 cm³/mol. The van der Waals surface area contributed by atoms with Crippen molar-refractivity contribution in [3.05, 3.63) is 29.3 Å². The molecule has 1 aromatic rings. The van der Waals surface area contributed by atoms with Crippen LogP contribution in [0.15, 0.2) is 18.2 Å². The molecule has 0 bridgehead atoms. The molecule has 0 radical (unpaired) electrons. The average molecular weight is 221 g/mol. The molecular weight excluding hydrogens is 211 g/mol. The Bertz CT molecular complexity index is 322. The standard InChI is InChI=1S/C9H10F3NS/c1-14-5-6-2-3-7(4-8(6)13)9(10,11)12/h2-4H,5,13H2,1H3. The highest BCUT2D eigenvalue weighted by Crippen LogP contribution is 2.31. The monoisotopic (exact) mass is 221 g/mol. The normalized spacial score (nSPS) is 11.7. The van der Waals surface area contributed by atoms with Gasteiger partial charge in [0.25, 0.3) is 0 Å². The van der Waals surface area contributed by atoms with E-state index in [2.05, 4.69) is 0 Å². The second-order valence-electron chi connectivity index (χ2n) is 2.84. The van der Waals surface area contributed by atoms with Crippen LogP contribution in [0, 0.1) is 0 Å². The third kappa shape index (κ3) is 2.57. The minimum Gasteiger partial charge on any atom is -0.398 e. The molecule has 0 aromatic heterocycles. The van der Waals surface area contributed by atoms with Crippen molar-refractivity contribution in [2.45, 2.75) is 11.9 Å². The second kappa shape index (κ2) is 4.13. The number of nitrogen functional groups attached to an aromatic ring is 1. The van der Waals surface area contributed by atoms with Crippen molar-refractivity contribution in [3.8, 4) is 0 Å². The fraction of sp³-hybridized carbons (Fsp3) is 0.333. The van der Waals surface area contributed by atoms with Gasteiger partial charge in [0.15, 0.2) is 0 Å². The lowest BCUT2D eigenvalue weighted by atomic mass is 10.1. The van der Waals surface area contributed by atoms with E-state index in [-0.39, 0.29) is 5.69 Å². The van der Waals surface area contributed by atoms with Gasteiger partial charge < -0.3 is 5.73 Å². The first kappa shape index (κ1) is 11.2. The summed E-state index contributed by atoms with van der Waals surface area (Å²) in [5.41, 5.74) is 5.74. The second-order valence-corrected chi connectivity index (χ2v) is 3.71. The van der Waals surface area contributed by atoms with Crippen LogP contribution in [0.3, 0.4) is 0 Å². The molecule has 0 unspecified atom stereocenters. The third-order valence-electron chi connectivity index (χ3n) is 1.77. The Kier molecular flexibility index (Phi) is 3.31. The van der Waals surface area contributed by atoms with Gasteiger partial charge in [-0.15, -0.1) is 0 Å². The number of halogens is 3. The molecule has 0 spiro atoms. The molecular formula is C9H10F3NS. The summed E-state index contributed by atoms with van der Waals surface area (Å²) in [6.07, 6.45) is -2.44. The quantitative estimate of drug-likeness (QED) is 0.776. The van der Waals surface area contributed by atoms with Gasteiger partial charge in [-0.2, -0.15) is 24.9 Å². The zero-order chi connectivity index (χ0) is 10.8. The Morgan fingerprint density at radius 3 is 2.43 bits per heavy atom. The first-order chi connectivity index (χ1) is 6.45. The van der Waals surface area contributed by atoms with E-state index in [0.29, 0.717) is 5.75 Å². The van der Waals surface area contributed by atoms with Crippen molar-refractivity contribution in [3.63, 3.8) is 0 Å². The van der Waals surface area contributed by atoms with E-state index in [0.717, 1.165) is 17.7 Å². The van der Waals surface area contributed by atoms with Gasteiger partial charge in [0.05, 0.1) is 5.56 Å². The van der Waals surface area contributed by atoms with E-state index in [1.807, 2.05) is 6.26 Å². The van der Waals surface area contributed by atoms with E-state index in [9.17, 15) is 13.2 Å². The highest BCUT2D eigenvalue weighted by atomic mass is 32.2. The van der Waals surface area contributed by atoms with Gasteiger partial charge in [-0.05, 0) is 24.0 Å². The molecule has 0 aliphatic carbocycles. The lowest BCUT2D eigenvalue weighted by Crippen LogP contribution is -2.06. The Morgan fingerprint density at radius 1 is 1.36 bits per heavy atom. The molecule has 1 rings (SSSR count). The molecule has 0 fully saturated rings. The molecule has 0 atom stereocenters. The van der Waals surface area contributed by atoms with E-state index < -0.39 is 11.7 Å². The number of hydrogen-bond acceptors (Lipinski definition) is 2. The minimum atomic E-state index is -4.31. The van der Waals surface area contributed by atoms with E-state index >= 15 is 0 Å². The van der Waals surface area contributed by atoms with Crippen molar-refractivity contribution in [2.75, 3.05) is 12.0 Å². The van der Waals surface area contributed by atoms with Gasteiger partial charge in [-0.25, -0.2) is 0 Å². The van der Waals surface area contributed by atoms with E-state index in [1.165, 1.54) is 17.8 Å². The molecule has 78 valence electrons. The molecule has 1 aromatic carbocycles. The largest absolute Gasteiger partial charge is 0.416 e. The molecule has 0 heterocycles. The smallest absolute Gasteiger partial charge is 0.398 e. The van der Waals surface area contributed by atoms with E-state index in [1.54, 1.807) is 0 Å². The lowest BCUT2D eigenvalue weighted by Gasteiger charge is -2.09. The summed E-state index contributed by atoms with van der Waals surface area (Å²) >= 11 is 1.52. The van der Waals surface area contributed by atoms with Gasteiger partial charge in [0.2, 0.25) is 0 Å². The summed E-state index contributed by atoms with van der Waals surface area (Å²) in [4.78, 5) is 0. The van der Waals surface area contributed by atoms with Crippen molar-refractivity contribution in [1.82, 2.24) is 0 Å². The summed E-state index contributed by atoms with van der Waals surface area (Å²) in [5, 5.41) is 0. The number of hydrogen-bond donors (Lipinski definition) is 1. The zero-order valence-electron chi connectivity index (χ0n) is 7.56. The topological polar surface area (TPSA) is 26.0 Å². The van der Waals surface area contributed by atoms with Crippen LogP contribution < -0.4 is 5.73 Å². The van der Waals surface area contributed by atoms with Crippen molar-refractivity contribution in [2.24, 2.45) is 0 Å². The van der Waals surface area contributed by atoms with Gasteiger partial charge in [-0.1, -0.05) is 6.07 Å². The lowest BCUT2D eigenvalue weighted by molar-refractivity contribution is -0.137. The van der Waals surface area contributed by atoms with Crippen molar-refractivity contribution in [1.29, 1.82) is 0 Å². The van der Waals surface area contributed by atoms with Crippen molar-refractivity contribution >= 4 is 17.4 Å². The van der Waals surface area contributed by atoms with Crippen LogP contribution in [0.5, 0.6) is 0 Å². The maximum absolute atomic E-state index is 12.2. The molecule has 2 N–H and O–H groups in total. The molecule has 14 heavy (non-hydrogen) atoms. The maximum atomic E-state index is 12.2. The van der Waals surface area contributed by atoms with Crippen LogP contribution in [0.2, 0.25) is 0 Å². The zero-order valence-corrected chi connectivity index (χ0v) is 8.38. The van der Waals surface area contributed by atoms with Crippen molar-refractivity contribution < 1.29 is 13.2 Å². The molecule has 0 saturated heterocycles. The average Bonchev–Trinajstić information content (AvgIpc) is 2.07. The highest BCUT2D eigenvalue weighted by Gasteiger charge is 2.30. The molecule has 0 aliphatic rings. The Labute approximate surface area is 84.5 Å². The van der Waals surface area contributed by atoms with Crippen LogP contribution in [-0.2, 0) is 11.9 Å². The summed E-state index contributed by atoms with van der Waals surface area (Å²) in [7, 11) is 0. The van der Waals surface area contributed by atoms with Crippen LogP contribution in [0.4, 0.5) is 18.9 Å². The van der Waals surface area contributed by atoms with Gasteiger partial charge >= 0.3 is 6.18 Å². The SMILES string of the molecule is CSCc1ccc(C(F)(F)F)cc1N. The van der Waals surface area contributed by atoms with Crippen LogP contribution in [-0.4, -0.2) is 6.26 Å². The molecule has 0 aliphatic heterocycles. The third-order valence-corrected chi connectivity index (χ3v) is 2.37. The van der Waals surface area contributed by atoms with Crippen LogP contribution in [0.25, 0.3) is 0 Å². The highest BCUT2D eigenvalue weighted by molar-refractivity contribution is 7.97. The predicted octanol–water partition coefficient (Wildman–Crippen LogP) is 3.15. The Morgan fingerprint density at radius 2 is 2.00 bits per heavy atom. The number of nitrogens with two attached hydrogens (primary N) is 1. The first-order valence-electron chi connectivity index (χ1n) is 3.89. The maximum Gasteiger partial charge on any atom is 0.416 e. The number of anilines is 1. The van der Waals surface area contributed by atoms with Gasteiger partial charge in [-0.3, -0.25) is 0 Å². The fourth-order valence-corrected chi connectivity index (χ4v) is 1.63. The number of rotatable bonds is 2. The summed E-state index contributed by atoms with van der Waals surface area (Å²) in [6.45, 7) is 0. The van der Waals surface area contributed by atoms with E-state index in [4.69, 9.17) is 5.73 Å². The summed E-state index contributed by atoms with van der Waals surface area (Å²) in [5.74, 6) is 0.629. The molecule has 1 nitrogen and oxygen atoms in total. The van der Waals surface area contributed by atoms with Crippen LogP contribution in [0.1, 0.15) is 11.1 Å². The Hall–Kier alpha value is -0.840. The summed E-state index contributed by atoms with van der Waals surface area (Å²) in [6, 6.07) is 3.46. The number of benzene rings is 1.